The molecule has 1 aliphatic rings. The van der Waals surface area contributed by atoms with Crippen LogP contribution in [0, 0.1) is 36.3 Å². The Morgan fingerprint density at radius 2 is 1.67 bits per heavy atom. The number of halogens is 1. The highest BCUT2D eigenvalue weighted by atomic mass is 19.1. The second kappa shape index (κ2) is 9.35. The van der Waals surface area contributed by atoms with Gasteiger partial charge in [0.25, 0.3) is 0 Å². The van der Waals surface area contributed by atoms with Crippen LogP contribution in [0.2, 0.25) is 0 Å². The van der Waals surface area contributed by atoms with Crippen molar-refractivity contribution in [3.63, 3.8) is 0 Å². The van der Waals surface area contributed by atoms with Gasteiger partial charge in [-0.1, -0.05) is 50.2 Å². The van der Waals surface area contributed by atoms with Crippen LogP contribution in [0.1, 0.15) is 73.2 Å². The van der Waals surface area contributed by atoms with E-state index in [0.29, 0.717) is 33.6 Å². The van der Waals surface area contributed by atoms with Gasteiger partial charge < -0.3 is 4.42 Å². The molecule has 6 rings (SSSR count). The van der Waals surface area contributed by atoms with E-state index in [-0.39, 0.29) is 11.0 Å². The topological polar surface area (TPSA) is 40.8 Å². The standard InChI is InChI=1S/C35H34FN2O/c1-21-6-12-27-28-13-11-26(19-37)32(25-9-7-23(8-10-25)24-14-16-35(3,4)17-15-24)34(28)39-33(27)31(21)30-18-29(36)22(2)20-38(30)5/h6-13,18,20,24H,14-17H2,1-5H3/q+1/i2D3,24D. The fourth-order valence-electron chi connectivity index (χ4n) is 5.96. The highest BCUT2D eigenvalue weighted by molar-refractivity contribution is 6.14. The van der Waals surface area contributed by atoms with Crippen molar-refractivity contribution >= 4 is 21.9 Å². The Morgan fingerprint density at radius 3 is 2.33 bits per heavy atom. The second-order valence-corrected chi connectivity index (χ2v) is 11.6. The zero-order valence-corrected chi connectivity index (χ0v) is 22.8. The van der Waals surface area contributed by atoms with Gasteiger partial charge in [0.1, 0.15) is 24.0 Å². The summed E-state index contributed by atoms with van der Waals surface area (Å²) in [4.78, 5) is 0. The van der Waals surface area contributed by atoms with Crippen LogP contribution < -0.4 is 4.57 Å². The zero-order valence-electron chi connectivity index (χ0n) is 26.8. The van der Waals surface area contributed by atoms with Gasteiger partial charge >= 0.3 is 0 Å². The number of pyridine rings is 1. The summed E-state index contributed by atoms with van der Waals surface area (Å²) >= 11 is 0. The summed E-state index contributed by atoms with van der Waals surface area (Å²) in [6.07, 6.45) is 4.96. The fraction of sp³-hybridized carbons (Fsp3) is 0.314. The van der Waals surface area contributed by atoms with Crippen LogP contribution in [-0.2, 0) is 7.05 Å². The van der Waals surface area contributed by atoms with E-state index in [4.69, 9.17) is 8.53 Å². The number of furan rings is 1. The van der Waals surface area contributed by atoms with E-state index >= 15 is 4.39 Å². The molecular formula is C35H34FN2O+. The average Bonchev–Trinajstić information content (AvgIpc) is 3.33. The van der Waals surface area contributed by atoms with Gasteiger partial charge in [0.15, 0.2) is 6.20 Å². The van der Waals surface area contributed by atoms with Gasteiger partial charge in [0.2, 0.25) is 5.69 Å². The monoisotopic (exact) mass is 521 g/mol. The highest BCUT2D eigenvalue weighted by Gasteiger charge is 2.28. The van der Waals surface area contributed by atoms with E-state index < -0.39 is 18.6 Å². The predicted octanol–water partition coefficient (Wildman–Crippen LogP) is 9.06. The molecule has 0 saturated heterocycles. The lowest BCUT2D eigenvalue weighted by atomic mass is 9.71. The molecule has 0 amide bonds. The molecule has 0 bridgehead atoms. The van der Waals surface area contributed by atoms with Crippen molar-refractivity contribution in [3.8, 4) is 28.5 Å². The first-order valence-corrected chi connectivity index (χ1v) is 13.4. The molecule has 2 heterocycles. The maximum Gasteiger partial charge on any atom is 0.219 e. The smallest absolute Gasteiger partial charge is 0.219 e. The van der Waals surface area contributed by atoms with E-state index in [1.54, 1.807) is 17.7 Å². The number of nitriles is 1. The second-order valence-electron chi connectivity index (χ2n) is 11.6. The highest BCUT2D eigenvalue weighted by Crippen LogP contribution is 2.44. The molecule has 2 aromatic heterocycles. The molecular weight excluding hydrogens is 483 g/mol. The van der Waals surface area contributed by atoms with Crippen LogP contribution in [0.15, 0.2) is 65.2 Å². The van der Waals surface area contributed by atoms with Gasteiger partial charge in [-0.15, -0.1) is 0 Å². The number of rotatable bonds is 3. The van der Waals surface area contributed by atoms with E-state index in [1.165, 1.54) is 12.3 Å². The Morgan fingerprint density at radius 1 is 1.00 bits per heavy atom. The summed E-state index contributed by atoms with van der Waals surface area (Å²) in [6.45, 7) is 3.86. The molecule has 0 spiro atoms. The Hall–Kier alpha value is -3.97. The fourth-order valence-corrected chi connectivity index (χ4v) is 5.96. The van der Waals surface area contributed by atoms with Crippen molar-refractivity contribution in [2.24, 2.45) is 12.5 Å². The summed E-state index contributed by atoms with van der Waals surface area (Å²) in [6, 6.07) is 19.1. The third kappa shape index (κ3) is 4.31. The van der Waals surface area contributed by atoms with Gasteiger partial charge in [-0.05, 0) is 79.6 Å². The molecule has 0 radical (unpaired) electrons. The van der Waals surface area contributed by atoms with Crippen molar-refractivity contribution in [1.29, 1.82) is 5.26 Å². The number of nitrogens with zero attached hydrogens (tertiary/aromatic N) is 2. The molecule has 4 heteroatoms. The van der Waals surface area contributed by atoms with Crippen molar-refractivity contribution in [3.05, 3.63) is 88.9 Å². The average molecular weight is 522 g/mol. The van der Waals surface area contributed by atoms with E-state index in [2.05, 4.69) is 19.9 Å². The number of fused-ring (bicyclic) bond motifs is 3. The molecule has 196 valence electrons. The maximum absolute atomic E-state index is 15.1. The largest absolute Gasteiger partial charge is 0.454 e. The first-order chi connectivity index (χ1) is 20.2. The summed E-state index contributed by atoms with van der Waals surface area (Å²) in [5.41, 5.74) is 5.93. The van der Waals surface area contributed by atoms with Crippen LogP contribution >= 0.6 is 0 Å². The molecule has 3 aromatic carbocycles. The first kappa shape index (κ1) is 20.9. The molecule has 1 aliphatic carbocycles. The molecule has 1 saturated carbocycles. The van der Waals surface area contributed by atoms with Crippen molar-refractivity contribution < 1.29 is 18.9 Å². The van der Waals surface area contributed by atoms with Gasteiger partial charge in [0.05, 0.1) is 17.2 Å². The quantitative estimate of drug-likeness (QED) is 0.222. The van der Waals surface area contributed by atoms with Gasteiger partial charge in [-0.3, -0.25) is 0 Å². The number of aromatic nitrogens is 1. The lowest BCUT2D eigenvalue weighted by Gasteiger charge is -2.34. The summed E-state index contributed by atoms with van der Waals surface area (Å²) < 4.78 is 55.6. The van der Waals surface area contributed by atoms with Crippen LogP contribution in [0.3, 0.4) is 0 Å². The minimum atomic E-state index is -2.58. The summed E-state index contributed by atoms with van der Waals surface area (Å²) in [5, 5.41) is 11.7. The number of benzene rings is 3. The van der Waals surface area contributed by atoms with Crippen LogP contribution in [0.25, 0.3) is 44.3 Å². The molecule has 5 aromatic rings. The Kier molecular flexibility index (Phi) is 5.01. The van der Waals surface area contributed by atoms with E-state index in [1.807, 2.05) is 49.4 Å². The molecule has 3 nitrogen and oxygen atoms in total. The first-order valence-electron chi connectivity index (χ1n) is 15.4. The minimum absolute atomic E-state index is 0.265. The van der Waals surface area contributed by atoms with Gasteiger partial charge in [-0.2, -0.15) is 5.26 Å². The molecule has 0 N–H and O–H groups in total. The summed E-state index contributed by atoms with van der Waals surface area (Å²) in [7, 11) is 1.69. The predicted molar refractivity (Wildman–Crippen MR) is 155 cm³/mol. The van der Waals surface area contributed by atoms with Crippen LogP contribution in [0.4, 0.5) is 4.39 Å². The van der Waals surface area contributed by atoms with Crippen LogP contribution in [0.5, 0.6) is 0 Å². The lowest BCUT2D eigenvalue weighted by Crippen LogP contribution is -2.31. The zero-order chi connectivity index (χ0) is 30.9. The molecule has 1 fully saturated rings. The molecule has 0 aliphatic heterocycles. The van der Waals surface area contributed by atoms with Crippen molar-refractivity contribution in [1.82, 2.24) is 0 Å². The Balaban J connectivity index is 1.52. The van der Waals surface area contributed by atoms with Crippen molar-refractivity contribution in [2.75, 3.05) is 0 Å². The SMILES string of the molecule is [2H]C([2H])([2H])c1c[n+](C)c(-c2c(C)ccc3c2oc2c(-c4ccc(C5([2H])CCC(C)(C)CC5)cc4)c(C#N)ccc23)cc1F. The Bertz CT molecular complexity index is 1940. The van der Waals surface area contributed by atoms with Gasteiger partial charge in [0, 0.05) is 33.4 Å². The Labute approximate surface area is 235 Å². The lowest BCUT2D eigenvalue weighted by molar-refractivity contribution is -0.661. The van der Waals surface area contributed by atoms with E-state index in [9.17, 15) is 6.63 Å². The summed E-state index contributed by atoms with van der Waals surface area (Å²) in [5.74, 6) is -1.43. The van der Waals surface area contributed by atoms with Gasteiger partial charge in [-0.25, -0.2) is 8.96 Å². The molecule has 0 atom stereocenters. The third-order valence-electron chi connectivity index (χ3n) is 8.41. The minimum Gasteiger partial charge on any atom is -0.454 e. The number of hydrogen-bond donors (Lipinski definition) is 0. The number of aryl methyl sites for hydroxylation is 3. The van der Waals surface area contributed by atoms with E-state index in [0.717, 1.165) is 53.1 Å². The molecule has 0 unspecified atom stereocenters. The van der Waals surface area contributed by atoms with Crippen molar-refractivity contribution in [2.45, 2.75) is 59.2 Å². The number of hydrogen-bond acceptors (Lipinski definition) is 2. The third-order valence-corrected chi connectivity index (χ3v) is 8.41. The maximum atomic E-state index is 15.1. The van der Waals surface area contributed by atoms with Crippen LogP contribution in [-0.4, -0.2) is 0 Å². The normalized spacial score (nSPS) is 18.3. The molecule has 39 heavy (non-hydrogen) atoms.